The molecule has 1 aliphatic heterocycles. The largest absolute Gasteiger partial charge is 0.378 e. The Morgan fingerprint density at radius 3 is 2.70 bits per heavy atom. The Morgan fingerprint density at radius 2 is 1.96 bits per heavy atom. The summed E-state index contributed by atoms with van der Waals surface area (Å²) in [5, 5.41) is 4.28. The van der Waals surface area contributed by atoms with Crippen LogP contribution in [0.2, 0.25) is 0 Å². The normalized spacial score (nSPS) is 15.6. The highest BCUT2D eigenvalue weighted by molar-refractivity contribution is 5.47. The third kappa shape index (κ3) is 3.75. The van der Waals surface area contributed by atoms with Crippen LogP contribution in [-0.2, 0) is 17.8 Å². The van der Waals surface area contributed by atoms with Crippen LogP contribution in [0.5, 0.6) is 0 Å². The first-order chi connectivity index (χ1) is 13.1. The molecule has 6 nitrogen and oxygen atoms in total. The monoisotopic (exact) mass is 373 g/mol. The van der Waals surface area contributed by atoms with Crippen molar-refractivity contribution < 1.29 is 13.5 Å². The lowest BCUT2D eigenvalue weighted by molar-refractivity contribution is 0.181. The van der Waals surface area contributed by atoms with Crippen LogP contribution < -0.4 is 4.90 Å². The number of nitrogens with zero attached hydrogens (tertiary/aromatic N) is 5. The summed E-state index contributed by atoms with van der Waals surface area (Å²) in [7, 11) is 1.64. The molecule has 0 amide bonds. The zero-order valence-electron chi connectivity index (χ0n) is 15.1. The van der Waals surface area contributed by atoms with Crippen LogP contribution in [-0.4, -0.2) is 39.8 Å². The van der Waals surface area contributed by atoms with Crippen LogP contribution in [0.25, 0.3) is 5.78 Å². The molecule has 1 aromatic carbocycles. The zero-order valence-corrected chi connectivity index (χ0v) is 15.1. The maximum Gasteiger partial charge on any atom is 0.254 e. The Morgan fingerprint density at radius 1 is 1.15 bits per heavy atom. The van der Waals surface area contributed by atoms with E-state index >= 15 is 0 Å². The summed E-state index contributed by atoms with van der Waals surface area (Å²) >= 11 is 0. The molecular formula is C19H21F2N5O. The van der Waals surface area contributed by atoms with Crippen molar-refractivity contribution in [1.82, 2.24) is 19.6 Å². The van der Waals surface area contributed by atoms with Crippen molar-refractivity contribution in [1.29, 1.82) is 0 Å². The molecule has 1 saturated heterocycles. The van der Waals surface area contributed by atoms with E-state index in [-0.39, 0.29) is 0 Å². The quantitative estimate of drug-likeness (QED) is 0.688. The number of benzene rings is 1. The third-order valence-corrected chi connectivity index (χ3v) is 5.03. The topological polar surface area (TPSA) is 55.6 Å². The lowest BCUT2D eigenvalue weighted by atomic mass is 9.90. The van der Waals surface area contributed by atoms with Crippen molar-refractivity contribution >= 4 is 11.6 Å². The number of hydrogen-bond donors (Lipinski definition) is 0. The molecule has 142 valence electrons. The average molecular weight is 373 g/mol. The highest BCUT2D eigenvalue weighted by Gasteiger charge is 2.23. The molecule has 3 aromatic rings. The second-order valence-electron chi connectivity index (χ2n) is 6.89. The number of aromatic nitrogens is 4. The fraction of sp³-hybridized carbons (Fsp3) is 0.421. The molecule has 3 heterocycles. The van der Waals surface area contributed by atoms with Gasteiger partial charge in [0, 0.05) is 26.3 Å². The molecule has 8 heteroatoms. The molecule has 0 N–H and O–H groups in total. The second kappa shape index (κ2) is 7.56. The lowest BCUT2D eigenvalue weighted by Gasteiger charge is -2.33. The van der Waals surface area contributed by atoms with E-state index in [1.165, 1.54) is 18.5 Å². The van der Waals surface area contributed by atoms with Gasteiger partial charge in [0.15, 0.2) is 11.6 Å². The number of anilines is 1. The maximum atomic E-state index is 13.4. The van der Waals surface area contributed by atoms with Crippen molar-refractivity contribution in [3.05, 3.63) is 53.5 Å². The summed E-state index contributed by atoms with van der Waals surface area (Å²) < 4.78 is 33.5. The molecule has 0 bridgehead atoms. The third-order valence-electron chi connectivity index (χ3n) is 5.03. The molecular weight excluding hydrogens is 352 g/mol. The standard InChI is InChI=1S/C19H21F2N5O/c1-27-11-15-10-18(26-19(24-15)22-12-23-26)25-6-4-13(5-7-25)8-14-2-3-16(20)17(21)9-14/h2-3,9-10,12-13H,4-8,11H2,1H3. The first-order valence-corrected chi connectivity index (χ1v) is 9.01. The fourth-order valence-corrected chi connectivity index (χ4v) is 3.66. The minimum absolute atomic E-state index is 0.420. The van der Waals surface area contributed by atoms with Gasteiger partial charge in [-0.3, -0.25) is 0 Å². The lowest BCUT2D eigenvalue weighted by Crippen LogP contribution is -2.35. The number of halogens is 2. The summed E-state index contributed by atoms with van der Waals surface area (Å²) in [5.74, 6) is 0.382. The van der Waals surface area contributed by atoms with Crippen LogP contribution in [0.15, 0.2) is 30.6 Å². The highest BCUT2D eigenvalue weighted by atomic mass is 19.2. The molecule has 0 aliphatic carbocycles. The van der Waals surface area contributed by atoms with Crippen LogP contribution in [0, 0.1) is 17.6 Å². The van der Waals surface area contributed by atoms with Gasteiger partial charge in [-0.1, -0.05) is 6.07 Å². The number of methoxy groups -OCH3 is 1. The number of fused-ring (bicyclic) bond motifs is 1. The summed E-state index contributed by atoms with van der Waals surface area (Å²) in [5.41, 5.74) is 1.66. The van der Waals surface area contributed by atoms with E-state index in [0.29, 0.717) is 18.3 Å². The molecule has 2 aromatic heterocycles. The minimum atomic E-state index is -0.796. The van der Waals surface area contributed by atoms with E-state index < -0.39 is 11.6 Å². The summed E-state index contributed by atoms with van der Waals surface area (Å²) in [6.45, 7) is 2.14. The van der Waals surface area contributed by atoms with Gasteiger partial charge in [0.1, 0.15) is 12.1 Å². The first-order valence-electron chi connectivity index (χ1n) is 9.01. The molecule has 1 fully saturated rings. The zero-order chi connectivity index (χ0) is 18.8. The predicted octanol–water partition coefficient (Wildman–Crippen LogP) is 3.01. The van der Waals surface area contributed by atoms with Crippen molar-refractivity contribution in [2.45, 2.75) is 25.9 Å². The first kappa shape index (κ1) is 17.8. The van der Waals surface area contributed by atoms with Crippen molar-refractivity contribution in [2.24, 2.45) is 5.92 Å². The summed E-state index contributed by atoms with van der Waals surface area (Å²) in [6.07, 6.45) is 4.20. The smallest absolute Gasteiger partial charge is 0.254 e. The molecule has 0 spiro atoms. The van der Waals surface area contributed by atoms with E-state index in [1.54, 1.807) is 17.7 Å². The van der Waals surface area contributed by atoms with Crippen LogP contribution in [0.4, 0.5) is 14.6 Å². The molecule has 0 atom stereocenters. The summed E-state index contributed by atoms with van der Waals surface area (Å²) in [4.78, 5) is 10.9. The molecule has 1 aliphatic rings. The maximum absolute atomic E-state index is 13.4. The molecule has 0 saturated carbocycles. The highest BCUT2D eigenvalue weighted by Crippen LogP contribution is 2.26. The van der Waals surface area contributed by atoms with Crippen molar-refractivity contribution in [2.75, 3.05) is 25.1 Å². The van der Waals surface area contributed by atoms with Gasteiger partial charge in [-0.05, 0) is 42.9 Å². The number of hydrogen-bond acceptors (Lipinski definition) is 5. The van der Waals surface area contributed by atoms with Gasteiger partial charge in [-0.25, -0.2) is 13.8 Å². The minimum Gasteiger partial charge on any atom is -0.378 e. The Bertz CT molecular complexity index is 937. The van der Waals surface area contributed by atoms with E-state index in [4.69, 9.17) is 4.74 Å². The fourth-order valence-electron chi connectivity index (χ4n) is 3.66. The Hall–Kier alpha value is -2.61. The Labute approximate surface area is 155 Å². The van der Waals surface area contributed by atoms with Gasteiger partial charge in [-0.2, -0.15) is 14.6 Å². The van der Waals surface area contributed by atoms with Gasteiger partial charge in [-0.15, -0.1) is 0 Å². The average Bonchev–Trinajstić information content (AvgIpc) is 3.14. The molecule has 4 rings (SSSR count). The number of ether oxygens (including phenoxy) is 1. The second-order valence-corrected chi connectivity index (χ2v) is 6.89. The van der Waals surface area contributed by atoms with Gasteiger partial charge in [0.05, 0.1) is 12.3 Å². The predicted molar refractivity (Wildman–Crippen MR) is 96.5 cm³/mol. The van der Waals surface area contributed by atoms with Gasteiger partial charge in [0.2, 0.25) is 0 Å². The number of rotatable bonds is 5. The Balaban J connectivity index is 1.46. The van der Waals surface area contributed by atoms with E-state index in [2.05, 4.69) is 20.0 Å². The van der Waals surface area contributed by atoms with Crippen LogP contribution in [0.3, 0.4) is 0 Å². The number of piperidine rings is 1. The van der Waals surface area contributed by atoms with Crippen LogP contribution >= 0.6 is 0 Å². The van der Waals surface area contributed by atoms with Crippen LogP contribution in [0.1, 0.15) is 24.1 Å². The van der Waals surface area contributed by atoms with Gasteiger partial charge in [0.25, 0.3) is 5.78 Å². The van der Waals surface area contributed by atoms with E-state index in [1.807, 2.05) is 6.07 Å². The van der Waals surface area contributed by atoms with Gasteiger partial charge < -0.3 is 9.64 Å². The van der Waals surface area contributed by atoms with Crippen molar-refractivity contribution in [3.8, 4) is 0 Å². The summed E-state index contributed by atoms with van der Waals surface area (Å²) in [6, 6.07) is 6.17. The molecule has 0 unspecified atom stereocenters. The molecule has 27 heavy (non-hydrogen) atoms. The Kier molecular flexibility index (Phi) is 4.98. The molecule has 0 radical (unpaired) electrons. The van der Waals surface area contributed by atoms with Gasteiger partial charge >= 0.3 is 0 Å². The van der Waals surface area contributed by atoms with E-state index in [9.17, 15) is 8.78 Å². The van der Waals surface area contributed by atoms with Crippen molar-refractivity contribution in [3.63, 3.8) is 0 Å². The SMILES string of the molecule is COCc1cc(N2CCC(Cc3ccc(F)c(F)c3)CC2)n2ncnc2n1. The van der Waals surface area contributed by atoms with E-state index in [0.717, 1.165) is 49.4 Å².